The molecule has 0 saturated heterocycles. The Morgan fingerprint density at radius 3 is 2.61 bits per heavy atom. The second-order valence-electron chi connectivity index (χ2n) is 7.18. The Bertz CT molecular complexity index is 1330. The highest BCUT2D eigenvalue weighted by atomic mass is 32.2. The molecule has 12 nitrogen and oxygen atoms in total. The summed E-state index contributed by atoms with van der Waals surface area (Å²) in [5, 5.41) is 16.0. The van der Waals surface area contributed by atoms with Crippen molar-refractivity contribution < 1.29 is 22.9 Å². The van der Waals surface area contributed by atoms with E-state index in [4.69, 9.17) is 5.14 Å². The second-order valence-corrected chi connectivity index (χ2v) is 8.75. The van der Waals surface area contributed by atoms with Crippen molar-refractivity contribution in [1.29, 1.82) is 0 Å². The lowest BCUT2D eigenvalue weighted by molar-refractivity contribution is -0.384. The number of primary sulfonamides is 1. The number of imidazole rings is 1. The molecule has 0 spiro atoms. The van der Waals surface area contributed by atoms with Gasteiger partial charge in [-0.1, -0.05) is 13.0 Å². The minimum atomic E-state index is -3.87. The first-order valence-electron chi connectivity index (χ1n) is 9.95. The van der Waals surface area contributed by atoms with E-state index in [-0.39, 0.29) is 29.0 Å². The molecule has 3 rings (SSSR count). The van der Waals surface area contributed by atoms with Crippen molar-refractivity contribution in [2.45, 2.75) is 37.6 Å². The summed E-state index contributed by atoms with van der Waals surface area (Å²) in [7, 11) is -3.87. The van der Waals surface area contributed by atoms with Crippen LogP contribution in [0.1, 0.15) is 35.9 Å². The third kappa shape index (κ3) is 5.70. The van der Waals surface area contributed by atoms with Gasteiger partial charge in [0.25, 0.3) is 11.6 Å². The number of hydrogen-bond acceptors (Lipinski definition) is 7. The molecule has 13 heteroatoms. The number of aromatic nitrogens is 2. The van der Waals surface area contributed by atoms with Crippen LogP contribution in [0.2, 0.25) is 0 Å². The molecule has 3 aromatic rings. The predicted molar refractivity (Wildman–Crippen MR) is 118 cm³/mol. The van der Waals surface area contributed by atoms with E-state index < -0.39 is 26.8 Å². The fourth-order valence-corrected chi connectivity index (χ4v) is 3.78. The van der Waals surface area contributed by atoms with E-state index in [1.807, 2.05) is 11.5 Å². The van der Waals surface area contributed by atoms with Gasteiger partial charge in [0.15, 0.2) is 0 Å². The van der Waals surface area contributed by atoms with Crippen molar-refractivity contribution in [3.8, 4) is 0 Å². The van der Waals surface area contributed by atoms with Crippen molar-refractivity contribution in [2.75, 3.05) is 0 Å². The van der Waals surface area contributed by atoms with E-state index in [1.54, 1.807) is 6.07 Å². The van der Waals surface area contributed by atoms with Crippen molar-refractivity contribution in [3.05, 3.63) is 64.0 Å². The molecule has 0 aliphatic carbocycles. The molecule has 0 aliphatic rings. The highest BCUT2D eigenvalue weighted by Gasteiger charge is 2.16. The molecule has 2 aromatic carbocycles. The smallest absolute Gasteiger partial charge is 0.270 e. The number of nitro benzene ring substituents is 1. The van der Waals surface area contributed by atoms with Crippen molar-refractivity contribution in [1.82, 2.24) is 20.4 Å². The summed E-state index contributed by atoms with van der Waals surface area (Å²) in [6, 6.07) is 9.53. The van der Waals surface area contributed by atoms with Gasteiger partial charge in [0.2, 0.25) is 15.9 Å². The van der Waals surface area contributed by atoms with Gasteiger partial charge in [-0.05, 0) is 30.7 Å². The van der Waals surface area contributed by atoms with Crippen LogP contribution in [-0.2, 0) is 27.8 Å². The maximum Gasteiger partial charge on any atom is 0.270 e. The average Bonchev–Trinajstić information content (AvgIpc) is 3.12. The number of nitro groups is 1. The molecule has 0 aliphatic heterocycles. The molecule has 1 aromatic heterocycles. The molecular weight excluding hydrogens is 452 g/mol. The molecular formula is C20H22N6O6S. The quantitative estimate of drug-likeness (QED) is 0.326. The number of fused-ring (bicyclic) bond motifs is 1. The van der Waals surface area contributed by atoms with E-state index in [2.05, 4.69) is 15.8 Å². The first kappa shape index (κ1) is 23.8. The number of nitrogens with one attached hydrogen (secondary N) is 2. The summed E-state index contributed by atoms with van der Waals surface area (Å²) in [5.74, 6) is -0.603. The number of hydrazine groups is 1. The third-order valence-corrected chi connectivity index (χ3v) is 5.70. The van der Waals surface area contributed by atoms with Crippen molar-refractivity contribution in [2.24, 2.45) is 5.14 Å². The summed E-state index contributed by atoms with van der Waals surface area (Å²) in [5.41, 5.74) is 5.45. The molecule has 0 atom stereocenters. The molecule has 0 saturated carbocycles. The summed E-state index contributed by atoms with van der Waals surface area (Å²) in [4.78, 5) is 39.0. The lowest BCUT2D eigenvalue weighted by Crippen LogP contribution is -2.41. The fourth-order valence-electron chi connectivity index (χ4n) is 3.25. The van der Waals surface area contributed by atoms with Gasteiger partial charge in [-0.15, -0.1) is 0 Å². The highest BCUT2D eigenvalue weighted by molar-refractivity contribution is 7.89. The zero-order chi connectivity index (χ0) is 24.2. The van der Waals surface area contributed by atoms with Crippen LogP contribution in [0.4, 0.5) is 5.69 Å². The van der Waals surface area contributed by atoms with Gasteiger partial charge in [-0.25, -0.2) is 18.5 Å². The van der Waals surface area contributed by atoms with E-state index in [0.29, 0.717) is 17.9 Å². The van der Waals surface area contributed by atoms with Gasteiger partial charge < -0.3 is 4.57 Å². The largest absolute Gasteiger partial charge is 0.328 e. The average molecular weight is 474 g/mol. The number of non-ortho nitro benzene ring substituents is 1. The number of carbonyl (C=O) groups excluding carboxylic acids is 2. The maximum absolute atomic E-state index is 12.2. The van der Waals surface area contributed by atoms with Gasteiger partial charge in [0, 0.05) is 37.1 Å². The normalized spacial score (nSPS) is 11.3. The van der Waals surface area contributed by atoms with E-state index >= 15 is 0 Å². The maximum atomic E-state index is 12.2. The molecule has 4 N–H and O–H groups in total. The van der Waals surface area contributed by atoms with Crippen LogP contribution < -0.4 is 16.0 Å². The monoisotopic (exact) mass is 474 g/mol. The van der Waals surface area contributed by atoms with E-state index in [0.717, 1.165) is 18.0 Å². The molecule has 0 fully saturated rings. The van der Waals surface area contributed by atoms with Crippen LogP contribution in [0.15, 0.2) is 47.4 Å². The lowest BCUT2D eigenvalue weighted by Gasteiger charge is -2.09. The Balaban J connectivity index is 1.67. The van der Waals surface area contributed by atoms with Gasteiger partial charge in [0.1, 0.15) is 5.82 Å². The number of rotatable bonds is 8. The molecule has 33 heavy (non-hydrogen) atoms. The van der Waals surface area contributed by atoms with Crippen LogP contribution in [0.5, 0.6) is 0 Å². The van der Waals surface area contributed by atoms with Crippen molar-refractivity contribution in [3.63, 3.8) is 0 Å². The zero-order valence-electron chi connectivity index (χ0n) is 17.6. The first-order valence-corrected chi connectivity index (χ1v) is 11.5. The fraction of sp³-hybridized carbons (Fsp3) is 0.250. The first-order chi connectivity index (χ1) is 15.6. The number of nitrogens with two attached hydrogens (primary N) is 1. The van der Waals surface area contributed by atoms with Crippen molar-refractivity contribution >= 4 is 38.6 Å². The lowest BCUT2D eigenvalue weighted by atomic mass is 10.2. The van der Waals surface area contributed by atoms with Crippen LogP contribution in [0.3, 0.4) is 0 Å². The SMILES string of the molecule is CCCn1c(CCC(=O)NNC(=O)c2cccc([N+](=O)[O-])c2)nc2cc(S(N)(=O)=O)ccc21. The number of hydrogen-bond donors (Lipinski definition) is 3. The van der Waals surface area contributed by atoms with Gasteiger partial charge in [-0.3, -0.25) is 30.6 Å². The van der Waals surface area contributed by atoms with Crippen LogP contribution >= 0.6 is 0 Å². The Labute approximate surface area is 189 Å². The molecule has 0 radical (unpaired) electrons. The minimum absolute atomic E-state index is 0.00962. The van der Waals surface area contributed by atoms with Crippen LogP contribution in [-0.4, -0.2) is 34.7 Å². The summed E-state index contributed by atoms with van der Waals surface area (Å²) >= 11 is 0. The zero-order valence-corrected chi connectivity index (χ0v) is 18.5. The van der Waals surface area contributed by atoms with E-state index in [9.17, 15) is 28.1 Å². The Morgan fingerprint density at radius 2 is 1.94 bits per heavy atom. The van der Waals surface area contributed by atoms with Gasteiger partial charge >= 0.3 is 0 Å². The number of nitrogens with zero attached hydrogens (tertiary/aromatic N) is 3. The third-order valence-electron chi connectivity index (χ3n) is 4.78. The van der Waals surface area contributed by atoms with Gasteiger partial charge in [0.05, 0.1) is 20.9 Å². The van der Waals surface area contributed by atoms with Crippen LogP contribution in [0.25, 0.3) is 11.0 Å². The molecule has 2 amide bonds. The Morgan fingerprint density at radius 1 is 1.18 bits per heavy atom. The highest BCUT2D eigenvalue weighted by Crippen LogP contribution is 2.21. The summed E-state index contributed by atoms with van der Waals surface area (Å²) < 4.78 is 25.1. The number of amides is 2. The summed E-state index contributed by atoms with van der Waals surface area (Å²) in [6.45, 7) is 2.59. The molecule has 0 bridgehead atoms. The topological polar surface area (TPSA) is 179 Å². The second kappa shape index (κ2) is 9.75. The Hall–Kier alpha value is -3.84. The molecule has 1 heterocycles. The minimum Gasteiger partial charge on any atom is -0.328 e. The Kier molecular flexibility index (Phi) is 7.04. The molecule has 0 unspecified atom stereocenters. The number of benzene rings is 2. The number of sulfonamides is 1. The molecule has 174 valence electrons. The van der Waals surface area contributed by atoms with Gasteiger partial charge in [-0.2, -0.15) is 0 Å². The van der Waals surface area contributed by atoms with E-state index in [1.165, 1.54) is 30.3 Å². The van der Waals surface area contributed by atoms with Crippen LogP contribution in [0, 0.1) is 10.1 Å². The summed E-state index contributed by atoms with van der Waals surface area (Å²) in [6.07, 6.45) is 1.02. The predicted octanol–water partition coefficient (Wildman–Crippen LogP) is 1.40. The standard InChI is InChI=1S/C20H22N6O6S/c1-2-10-25-17-7-6-15(33(21,31)32)12-16(17)22-18(25)8-9-19(27)23-24-20(28)13-4-3-5-14(11-13)26(29)30/h3-7,11-12H,2,8-10H2,1H3,(H,23,27)(H,24,28)(H2,21,31,32). The number of aryl methyl sites for hydroxylation is 2. The number of carbonyl (C=O) groups is 2.